The van der Waals surface area contributed by atoms with Crippen LogP contribution in [0.1, 0.15) is 86.0 Å². The number of ether oxygens (including phenoxy) is 1. The molecule has 25 heavy (non-hydrogen) atoms. The van der Waals surface area contributed by atoms with Crippen molar-refractivity contribution in [3.8, 4) is 0 Å². The molecule has 3 rings (SSSR count). The molecule has 3 nitrogen and oxygen atoms in total. The van der Waals surface area contributed by atoms with Crippen molar-refractivity contribution in [3.63, 3.8) is 0 Å². The Balaban J connectivity index is 1.75. The summed E-state index contributed by atoms with van der Waals surface area (Å²) in [5, 5.41) is 0. The molecule has 0 bridgehead atoms. The molecule has 0 heterocycles. The third-order valence-electron chi connectivity index (χ3n) is 7.30. The molecule has 3 aliphatic carbocycles. The lowest BCUT2D eigenvalue weighted by Crippen LogP contribution is -2.49. The largest absolute Gasteiger partial charge is 0.372 e. The first-order valence-corrected chi connectivity index (χ1v) is 10.3. The summed E-state index contributed by atoms with van der Waals surface area (Å²) in [5.74, 6) is 2.59. The molecular weight excluding hydrogens is 312 g/mol. The first-order chi connectivity index (χ1) is 11.6. The highest BCUT2D eigenvalue weighted by atomic mass is 16.5. The van der Waals surface area contributed by atoms with Crippen molar-refractivity contribution in [2.45, 2.75) is 97.7 Å². The monoisotopic (exact) mass is 348 g/mol. The summed E-state index contributed by atoms with van der Waals surface area (Å²) in [5.41, 5.74) is 0.173. The molecule has 3 aliphatic rings. The molecule has 3 fully saturated rings. The average Bonchev–Trinajstić information content (AvgIpc) is 2.78. The maximum atomic E-state index is 12.5. The Morgan fingerprint density at radius 3 is 2.60 bits per heavy atom. The van der Waals surface area contributed by atoms with E-state index in [0.717, 1.165) is 25.7 Å². The topological polar surface area (TPSA) is 43.4 Å². The van der Waals surface area contributed by atoms with Gasteiger partial charge in [-0.05, 0) is 89.4 Å². The first-order valence-electron chi connectivity index (χ1n) is 10.3. The maximum Gasteiger partial charge on any atom is 0.136 e. The van der Waals surface area contributed by atoms with Gasteiger partial charge in [0.05, 0.1) is 11.7 Å². The van der Waals surface area contributed by atoms with Crippen LogP contribution < -0.4 is 0 Å². The maximum absolute atomic E-state index is 12.5. The molecule has 0 unspecified atom stereocenters. The zero-order valence-corrected chi connectivity index (χ0v) is 16.8. The standard InChI is InChI=1S/C22H36O3/c1-14(23)6-9-17-18-12-16-8-11-20(25-21(2,3)4)22(16,5)13-15(18)7-10-19(17)24/h15-18,20H,6-13H2,1-5H3/t15-,16+,17+,18-,20+,22+/m1/s1. The Bertz CT molecular complexity index is 532. The van der Waals surface area contributed by atoms with E-state index in [2.05, 4.69) is 27.7 Å². The Hall–Kier alpha value is -0.700. The van der Waals surface area contributed by atoms with E-state index in [9.17, 15) is 9.59 Å². The van der Waals surface area contributed by atoms with Crippen molar-refractivity contribution in [3.05, 3.63) is 0 Å². The van der Waals surface area contributed by atoms with E-state index in [1.807, 2.05) is 0 Å². The van der Waals surface area contributed by atoms with Crippen LogP contribution in [0.3, 0.4) is 0 Å². The molecule has 0 N–H and O–H groups in total. The lowest BCUT2D eigenvalue weighted by molar-refractivity contribution is -0.144. The number of fused-ring (bicyclic) bond motifs is 2. The van der Waals surface area contributed by atoms with Crippen LogP contribution in [-0.4, -0.2) is 23.3 Å². The van der Waals surface area contributed by atoms with Gasteiger partial charge in [0, 0.05) is 18.8 Å². The van der Waals surface area contributed by atoms with Crippen molar-refractivity contribution in [2.24, 2.45) is 29.1 Å². The molecular formula is C22H36O3. The Kier molecular flexibility index (Phi) is 5.18. The predicted molar refractivity (Wildman–Crippen MR) is 99.3 cm³/mol. The van der Waals surface area contributed by atoms with Crippen LogP contribution in [0.25, 0.3) is 0 Å². The molecule has 0 amide bonds. The molecule has 0 saturated heterocycles. The molecule has 6 atom stereocenters. The van der Waals surface area contributed by atoms with Crippen molar-refractivity contribution < 1.29 is 14.3 Å². The number of rotatable bonds is 4. The smallest absolute Gasteiger partial charge is 0.136 e. The third kappa shape index (κ3) is 3.86. The molecule has 0 aliphatic heterocycles. The summed E-state index contributed by atoms with van der Waals surface area (Å²) in [7, 11) is 0. The van der Waals surface area contributed by atoms with Gasteiger partial charge in [-0.3, -0.25) is 4.79 Å². The van der Waals surface area contributed by atoms with Crippen molar-refractivity contribution in [2.75, 3.05) is 0 Å². The van der Waals surface area contributed by atoms with Gasteiger partial charge in [0.1, 0.15) is 11.6 Å². The van der Waals surface area contributed by atoms with Crippen LogP contribution >= 0.6 is 0 Å². The summed E-state index contributed by atoms with van der Waals surface area (Å²) >= 11 is 0. The summed E-state index contributed by atoms with van der Waals surface area (Å²) in [4.78, 5) is 24.0. The van der Waals surface area contributed by atoms with Gasteiger partial charge in [-0.25, -0.2) is 0 Å². The van der Waals surface area contributed by atoms with Crippen LogP contribution in [0.5, 0.6) is 0 Å². The van der Waals surface area contributed by atoms with Crippen LogP contribution in [0.15, 0.2) is 0 Å². The van der Waals surface area contributed by atoms with E-state index in [-0.39, 0.29) is 22.7 Å². The second kappa shape index (κ2) is 6.79. The van der Waals surface area contributed by atoms with E-state index >= 15 is 0 Å². The Morgan fingerprint density at radius 1 is 1.24 bits per heavy atom. The number of hydrogen-bond acceptors (Lipinski definition) is 3. The minimum absolute atomic E-state index is 0.0913. The lowest BCUT2D eigenvalue weighted by atomic mass is 9.54. The van der Waals surface area contributed by atoms with Gasteiger partial charge in [-0.15, -0.1) is 0 Å². The predicted octanol–water partition coefficient (Wildman–Crippen LogP) is 4.96. The van der Waals surface area contributed by atoms with Crippen molar-refractivity contribution in [1.29, 1.82) is 0 Å². The van der Waals surface area contributed by atoms with Gasteiger partial charge in [0.2, 0.25) is 0 Å². The molecule has 0 aromatic carbocycles. The highest BCUT2D eigenvalue weighted by Crippen LogP contribution is 2.60. The minimum Gasteiger partial charge on any atom is -0.372 e. The van der Waals surface area contributed by atoms with E-state index in [4.69, 9.17) is 4.74 Å². The van der Waals surface area contributed by atoms with E-state index in [1.165, 1.54) is 19.3 Å². The van der Waals surface area contributed by atoms with Crippen LogP contribution in [0, 0.1) is 29.1 Å². The van der Waals surface area contributed by atoms with Crippen LogP contribution in [0.2, 0.25) is 0 Å². The number of carbonyl (C=O) groups excluding carboxylic acids is 2. The summed E-state index contributed by atoms with van der Waals surface area (Å²) in [6.07, 6.45) is 8.22. The highest BCUT2D eigenvalue weighted by molar-refractivity contribution is 5.83. The molecule has 0 aromatic heterocycles. The second-order valence-electron chi connectivity index (χ2n) is 10.2. The van der Waals surface area contributed by atoms with Gasteiger partial charge in [0.15, 0.2) is 0 Å². The van der Waals surface area contributed by atoms with Gasteiger partial charge in [-0.2, -0.15) is 0 Å². The summed E-state index contributed by atoms with van der Waals surface area (Å²) in [6, 6.07) is 0. The fourth-order valence-electron chi connectivity index (χ4n) is 6.11. The van der Waals surface area contributed by atoms with E-state index in [0.29, 0.717) is 36.1 Å². The highest BCUT2D eigenvalue weighted by Gasteiger charge is 2.56. The van der Waals surface area contributed by atoms with E-state index in [1.54, 1.807) is 6.92 Å². The zero-order chi connectivity index (χ0) is 18.4. The van der Waals surface area contributed by atoms with Crippen molar-refractivity contribution in [1.82, 2.24) is 0 Å². The molecule has 3 heteroatoms. The van der Waals surface area contributed by atoms with Gasteiger partial charge in [0.25, 0.3) is 0 Å². The SMILES string of the molecule is CC(=O)CC[C@@H]1C(=O)CC[C@@H]2C[C@@]3(C)[C@@H](CC[C@@H]3OC(C)(C)C)C[C@H]21. The van der Waals surface area contributed by atoms with Gasteiger partial charge < -0.3 is 9.53 Å². The fourth-order valence-corrected chi connectivity index (χ4v) is 6.11. The Morgan fingerprint density at radius 2 is 1.96 bits per heavy atom. The number of hydrogen-bond donors (Lipinski definition) is 0. The first kappa shape index (κ1) is 19.1. The third-order valence-corrected chi connectivity index (χ3v) is 7.30. The van der Waals surface area contributed by atoms with Crippen molar-refractivity contribution >= 4 is 11.6 Å². The number of ketones is 2. The van der Waals surface area contributed by atoms with Crippen LogP contribution in [-0.2, 0) is 14.3 Å². The summed E-state index contributed by atoms with van der Waals surface area (Å²) < 4.78 is 6.47. The van der Waals surface area contributed by atoms with Crippen LogP contribution in [0.4, 0.5) is 0 Å². The fraction of sp³-hybridized carbons (Fsp3) is 0.909. The van der Waals surface area contributed by atoms with Gasteiger partial charge in [-0.1, -0.05) is 6.92 Å². The van der Waals surface area contributed by atoms with E-state index < -0.39 is 0 Å². The minimum atomic E-state index is -0.0913. The number of carbonyl (C=O) groups is 2. The molecule has 0 aromatic rings. The molecule has 0 radical (unpaired) electrons. The number of Topliss-reactive ketones (excluding diaryl/α,β-unsaturated/α-hetero) is 2. The zero-order valence-electron chi connectivity index (χ0n) is 16.8. The molecule has 0 spiro atoms. The van der Waals surface area contributed by atoms with Gasteiger partial charge >= 0.3 is 0 Å². The quantitative estimate of drug-likeness (QED) is 0.721. The molecule has 142 valence electrons. The summed E-state index contributed by atoms with van der Waals surface area (Å²) in [6.45, 7) is 10.6. The average molecular weight is 349 g/mol. The molecule has 3 saturated carbocycles. The second-order valence-corrected chi connectivity index (χ2v) is 10.2. The normalized spacial score (nSPS) is 41.3. The lowest BCUT2D eigenvalue weighted by Gasteiger charge is -2.52. The Labute approximate surface area is 153 Å².